The molecule has 1 aromatic carbocycles. The van der Waals surface area contributed by atoms with Crippen molar-refractivity contribution >= 4 is 21.6 Å². The molecule has 1 saturated heterocycles. The van der Waals surface area contributed by atoms with Crippen LogP contribution in [-0.4, -0.2) is 42.2 Å². The molecule has 1 aromatic heterocycles. The number of aromatic nitrogens is 2. The van der Waals surface area contributed by atoms with Crippen molar-refractivity contribution in [2.24, 2.45) is 0 Å². The largest absolute Gasteiger partial charge is 0.494 e. The monoisotopic (exact) mass is 377 g/mol. The number of carbonyl (C=O) groups excluding carboxylic acids is 1. The van der Waals surface area contributed by atoms with E-state index in [1.165, 1.54) is 0 Å². The molecule has 1 N–H and O–H groups in total. The van der Waals surface area contributed by atoms with Gasteiger partial charge in [-0.15, -0.1) is 0 Å². The molecule has 0 aliphatic carbocycles. The zero-order valence-electron chi connectivity index (χ0n) is 14.7. The maximum Gasteiger partial charge on any atom is 0.225 e. The third-order valence-corrected chi connectivity index (χ3v) is 5.99. The molecule has 0 bridgehead atoms. The molecule has 140 valence electrons. The van der Waals surface area contributed by atoms with Gasteiger partial charge in [-0.1, -0.05) is 18.2 Å². The van der Waals surface area contributed by atoms with Gasteiger partial charge in [-0.05, 0) is 31.9 Å². The first-order chi connectivity index (χ1) is 12.4. The van der Waals surface area contributed by atoms with E-state index in [0.29, 0.717) is 31.7 Å². The van der Waals surface area contributed by atoms with E-state index in [-0.39, 0.29) is 23.5 Å². The number of ether oxygens (including phenoxy) is 1. The Kier molecular flexibility index (Phi) is 5.61. The van der Waals surface area contributed by atoms with Crippen molar-refractivity contribution < 1.29 is 17.9 Å². The van der Waals surface area contributed by atoms with Gasteiger partial charge < -0.3 is 10.1 Å². The lowest BCUT2D eigenvalue weighted by Crippen LogP contribution is -2.19. The minimum Gasteiger partial charge on any atom is -0.494 e. The third-order valence-electron chi connectivity index (χ3n) is 4.24. The van der Waals surface area contributed by atoms with Crippen LogP contribution in [0.3, 0.4) is 0 Å². The summed E-state index contributed by atoms with van der Waals surface area (Å²) in [5, 5.41) is 7.21. The molecule has 1 aliphatic heterocycles. The normalized spacial score (nSPS) is 18.6. The van der Waals surface area contributed by atoms with Crippen molar-refractivity contribution in [2.45, 2.75) is 32.2 Å². The number of sulfone groups is 1. The van der Waals surface area contributed by atoms with Crippen LogP contribution in [0.1, 0.15) is 31.0 Å². The number of amides is 1. The molecular weight excluding hydrogens is 354 g/mol. The van der Waals surface area contributed by atoms with E-state index < -0.39 is 9.84 Å². The molecule has 0 radical (unpaired) electrons. The van der Waals surface area contributed by atoms with Crippen LogP contribution in [0.2, 0.25) is 0 Å². The predicted octanol–water partition coefficient (Wildman–Crippen LogP) is 2.35. The average Bonchev–Trinajstić information content (AvgIpc) is 3.14. The van der Waals surface area contributed by atoms with Gasteiger partial charge in [0.05, 0.1) is 29.8 Å². The molecule has 0 saturated carbocycles. The van der Waals surface area contributed by atoms with E-state index in [1.807, 2.05) is 37.3 Å². The number of nitrogens with one attached hydrogen (secondary N) is 1. The van der Waals surface area contributed by atoms with E-state index >= 15 is 0 Å². The Labute approximate surface area is 153 Å². The molecule has 1 unspecified atom stereocenters. The molecule has 2 heterocycles. The standard InChI is InChI=1S/C18H23N3O4S/c1-14-12-17(21(20-14)15-9-11-26(23,24)13-15)19-18(22)8-5-10-25-16-6-3-2-4-7-16/h2-4,6-7,12,15H,5,8-11,13H2,1H3,(H,19,22). The summed E-state index contributed by atoms with van der Waals surface area (Å²) in [5.41, 5.74) is 0.747. The van der Waals surface area contributed by atoms with E-state index in [2.05, 4.69) is 10.4 Å². The topological polar surface area (TPSA) is 90.3 Å². The number of rotatable bonds is 7. The fourth-order valence-electron chi connectivity index (χ4n) is 3.00. The van der Waals surface area contributed by atoms with Crippen LogP contribution < -0.4 is 10.1 Å². The Morgan fingerprint density at radius 3 is 2.81 bits per heavy atom. The summed E-state index contributed by atoms with van der Waals surface area (Å²) >= 11 is 0. The number of para-hydroxylation sites is 1. The lowest BCUT2D eigenvalue weighted by Gasteiger charge is -2.14. The van der Waals surface area contributed by atoms with E-state index in [0.717, 1.165) is 11.4 Å². The molecule has 1 fully saturated rings. The third kappa shape index (κ3) is 4.85. The minimum atomic E-state index is -3.01. The van der Waals surface area contributed by atoms with Gasteiger partial charge in [0.1, 0.15) is 11.6 Å². The number of aryl methyl sites for hydroxylation is 1. The molecule has 1 aliphatic rings. The van der Waals surface area contributed by atoms with Gasteiger partial charge in [0.2, 0.25) is 5.91 Å². The highest BCUT2D eigenvalue weighted by Gasteiger charge is 2.31. The second kappa shape index (κ2) is 7.90. The maximum absolute atomic E-state index is 12.2. The Morgan fingerprint density at radius 1 is 1.35 bits per heavy atom. The summed E-state index contributed by atoms with van der Waals surface area (Å²) in [6, 6.07) is 11.0. The Balaban J connectivity index is 1.51. The highest BCUT2D eigenvalue weighted by Crippen LogP contribution is 2.27. The molecule has 0 spiro atoms. The Hall–Kier alpha value is -2.35. The van der Waals surface area contributed by atoms with Crippen molar-refractivity contribution in [1.29, 1.82) is 0 Å². The second-order valence-corrected chi connectivity index (χ2v) is 8.71. The molecule has 1 amide bonds. The van der Waals surface area contributed by atoms with Gasteiger partial charge in [-0.25, -0.2) is 13.1 Å². The number of carbonyl (C=O) groups is 1. The van der Waals surface area contributed by atoms with Gasteiger partial charge in [-0.2, -0.15) is 5.10 Å². The van der Waals surface area contributed by atoms with Gasteiger partial charge >= 0.3 is 0 Å². The molecule has 7 nitrogen and oxygen atoms in total. The summed E-state index contributed by atoms with van der Waals surface area (Å²) < 4.78 is 30.6. The summed E-state index contributed by atoms with van der Waals surface area (Å²) in [6.07, 6.45) is 1.43. The van der Waals surface area contributed by atoms with Crippen LogP contribution in [0.15, 0.2) is 36.4 Å². The van der Waals surface area contributed by atoms with E-state index in [9.17, 15) is 13.2 Å². The minimum absolute atomic E-state index is 0.0713. The highest BCUT2D eigenvalue weighted by atomic mass is 32.2. The van der Waals surface area contributed by atoms with Crippen LogP contribution in [0, 0.1) is 6.92 Å². The van der Waals surface area contributed by atoms with Crippen LogP contribution in [0.5, 0.6) is 5.75 Å². The SMILES string of the molecule is Cc1cc(NC(=O)CCCOc2ccccc2)n(C2CCS(=O)(=O)C2)n1. The van der Waals surface area contributed by atoms with Crippen LogP contribution >= 0.6 is 0 Å². The van der Waals surface area contributed by atoms with Crippen molar-refractivity contribution in [2.75, 3.05) is 23.4 Å². The average molecular weight is 377 g/mol. The molecule has 8 heteroatoms. The van der Waals surface area contributed by atoms with Crippen molar-refractivity contribution in [3.05, 3.63) is 42.1 Å². The van der Waals surface area contributed by atoms with Crippen LogP contribution in [-0.2, 0) is 14.6 Å². The van der Waals surface area contributed by atoms with Gasteiger partial charge in [0.25, 0.3) is 0 Å². The Morgan fingerprint density at radius 2 is 2.12 bits per heavy atom. The maximum atomic E-state index is 12.2. The Bertz CT molecular complexity index is 862. The molecule has 3 rings (SSSR count). The predicted molar refractivity (Wildman–Crippen MR) is 99.1 cm³/mol. The first kappa shape index (κ1) is 18.4. The fourth-order valence-corrected chi connectivity index (χ4v) is 4.69. The van der Waals surface area contributed by atoms with Crippen LogP contribution in [0.4, 0.5) is 5.82 Å². The lowest BCUT2D eigenvalue weighted by molar-refractivity contribution is -0.116. The molecule has 26 heavy (non-hydrogen) atoms. The van der Waals surface area contributed by atoms with Crippen molar-refractivity contribution in [3.8, 4) is 5.75 Å². The highest BCUT2D eigenvalue weighted by molar-refractivity contribution is 7.91. The van der Waals surface area contributed by atoms with Crippen molar-refractivity contribution in [3.63, 3.8) is 0 Å². The smallest absolute Gasteiger partial charge is 0.225 e. The zero-order valence-corrected chi connectivity index (χ0v) is 15.5. The summed E-state index contributed by atoms with van der Waals surface area (Å²) in [5.74, 6) is 1.44. The van der Waals surface area contributed by atoms with Gasteiger partial charge in [0, 0.05) is 12.5 Å². The molecule has 1 atom stereocenters. The summed E-state index contributed by atoms with van der Waals surface area (Å²) in [7, 11) is -3.01. The second-order valence-electron chi connectivity index (χ2n) is 6.49. The van der Waals surface area contributed by atoms with Gasteiger partial charge in [-0.3, -0.25) is 4.79 Å². The summed E-state index contributed by atoms with van der Waals surface area (Å²) in [4.78, 5) is 12.2. The quantitative estimate of drug-likeness (QED) is 0.748. The van der Waals surface area contributed by atoms with E-state index in [4.69, 9.17) is 4.74 Å². The molecular formula is C18H23N3O4S. The lowest BCUT2D eigenvalue weighted by atomic mass is 10.2. The first-order valence-electron chi connectivity index (χ1n) is 8.67. The number of hydrogen-bond acceptors (Lipinski definition) is 5. The zero-order chi connectivity index (χ0) is 18.6. The van der Waals surface area contributed by atoms with Crippen LogP contribution in [0.25, 0.3) is 0 Å². The summed E-state index contributed by atoms with van der Waals surface area (Å²) in [6.45, 7) is 2.28. The number of nitrogens with zero attached hydrogens (tertiary/aromatic N) is 2. The number of benzene rings is 1. The van der Waals surface area contributed by atoms with E-state index in [1.54, 1.807) is 10.7 Å². The fraction of sp³-hybridized carbons (Fsp3) is 0.444. The van der Waals surface area contributed by atoms with Gasteiger partial charge in [0.15, 0.2) is 9.84 Å². The molecule has 2 aromatic rings. The number of hydrogen-bond donors (Lipinski definition) is 1. The first-order valence-corrected chi connectivity index (χ1v) is 10.5. The number of anilines is 1. The van der Waals surface area contributed by atoms with Crippen molar-refractivity contribution in [1.82, 2.24) is 9.78 Å².